The Morgan fingerprint density at radius 2 is 2.00 bits per heavy atom. The first kappa shape index (κ1) is 21.2. The van der Waals surface area contributed by atoms with Crippen molar-refractivity contribution in [3.05, 3.63) is 65.9 Å². The number of rotatable bonds is 5. The third-order valence-corrected chi connectivity index (χ3v) is 5.93. The monoisotopic (exact) mass is 451 g/mol. The van der Waals surface area contributed by atoms with Crippen molar-refractivity contribution in [3.8, 4) is 11.8 Å². The number of hydrogen-bond donors (Lipinski definition) is 2. The normalized spacial score (nSPS) is 12.4. The van der Waals surface area contributed by atoms with Gasteiger partial charge in [-0.15, -0.1) is 0 Å². The minimum absolute atomic E-state index is 0.00451. The van der Waals surface area contributed by atoms with E-state index in [1.807, 2.05) is 6.07 Å². The summed E-state index contributed by atoms with van der Waals surface area (Å²) in [5.41, 5.74) is 7.32. The molecule has 0 radical (unpaired) electrons. The third kappa shape index (κ3) is 3.95. The number of halogens is 1. The smallest absolute Gasteiger partial charge is 0.222 e. The maximum atomic E-state index is 14.1. The molecule has 0 bridgehead atoms. The predicted molar refractivity (Wildman–Crippen MR) is 117 cm³/mol. The fourth-order valence-corrected chi connectivity index (χ4v) is 4.00. The highest BCUT2D eigenvalue weighted by Gasteiger charge is 2.21. The number of anilines is 2. The van der Waals surface area contributed by atoms with Gasteiger partial charge in [-0.05, 0) is 37.3 Å². The fraction of sp³-hybridized carbons (Fsp3) is 0.143. The molecule has 4 rings (SSSR count). The second kappa shape index (κ2) is 7.90. The minimum atomic E-state index is -3.46. The summed E-state index contributed by atoms with van der Waals surface area (Å²) < 4.78 is 39.9. The molecule has 0 amide bonds. The number of aromatic nitrogens is 4. The van der Waals surface area contributed by atoms with Gasteiger partial charge in [0.05, 0.1) is 28.2 Å². The summed E-state index contributed by atoms with van der Waals surface area (Å²) >= 11 is 0. The summed E-state index contributed by atoms with van der Waals surface area (Å²) in [5.74, 6) is 0.218. The Kier molecular flexibility index (Phi) is 5.23. The fourth-order valence-electron chi connectivity index (χ4n) is 3.34. The number of benzene rings is 2. The number of imidazole rings is 1. The molecule has 0 aliphatic carbocycles. The molecule has 0 aliphatic rings. The first-order valence-corrected chi connectivity index (χ1v) is 11.3. The van der Waals surface area contributed by atoms with Crippen LogP contribution in [0.3, 0.4) is 0 Å². The van der Waals surface area contributed by atoms with Crippen molar-refractivity contribution in [2.24, 2.45) is 0 Å². The molecule has 0 spiro atoms. The SMILES string of the molecule is C[C@@H](Nc1nc(N)ncc1C#N)c1nc2ccc(F)cc2n1-c1cccc(S(C)(=O)=O)c1. The van der Waals surface area contributed by atoms with Crippen molar-refractivity contribution in [3.63, 3.8) is 0 Å². The van der Waals surface area contributed by atoms with E-state index in [0.29, 0.717) is 22.5 Å². The van der Waals surface area contributed by atoms with Crippen LogP contribution in [0.4, 0.5) is 16.2 Å². The van der Waals surface area contributed by atoms with Crippen molar-refractivity contribution >= 4 is 32.6 Å². The van der Waals surface area contributed by atoms with Crippen molar-refractivity contribution in [1.82, 2.24) is 19.5 Å². The van der Waals surface area contributed by atoms with Gasteiger partial charge in [-0.25, -0.2) is 22.8 Å². The van der Waals surface area contributed by atoms with Crippen molar-refractivity contribution < 1.29 is 12.8 Å². The number of nitrogens with zero attached hydrogens (tertiary/aromatic N) is 5. The summed E-state index contributed by atoms with van der Waals surface area (Å²) in [7, 11) is -3.46. The summed E-state index contributed by atoms with van der Waals surface area (Å²) in [4.78, 5) is 12.6. The van der Waals surface area contributed by atoms with E-state index in [0.717, 1.165) is 6.26 Å². The zero-order valence-electron chi connectivity index (χ0n) is 17.1. The van der Waals surface area contributed by atoms with E-state index in [9.17, 15) is 18.1 Å². The quantitative estimate of drug-likeness (QED) is 0.472. The number of sulfone groups is 1. The predicted octanol–water partition coefficient (Wildman–Crippen LogP) is 2.99. The Morgan fingerprint density at radius 1 is 1.22 bits per heavy atom. The van der Waals surface area contributed by atoms with E-state index in [1.54, 1.807) is 29.7 Å². The largest absolute Gasteiger partial charge is 0.368 e. The molecule has 0 fully saturated rings. The average molecular weight is 451 g/mol. The lowest BCUT2D eigenvalue weighted by Gasteiger charge is -2.18. The van der Waals surface area contributed by atoms with Crippen LogP contribution in [0.1, 0.15) is 24.4 Å². The molecule has 2 aromatic heterocycles. The second-order valence-corrected chi connectivity index (χ2v) is 9.19. The standard InChI is InChI=1S/C21H18FN7O2S/c1-12(26-19-13(10-23)11-25-21(24)28-19)20-27-17-7-6-14(22)8-18(17)29(20)15-4-3-5-16(9-15)32(2,30)31/h3-9,11-12H,1-2H3,(H3,24,25,26,28)/t12-/m1/s1. The molecule has 0 saturated heterocycles. The lowest BCUT2D eigenvalue weighted by Crippen LogP contribution is -2.15. The Hall–Kier alpha value is -4.04. The Balaban J connectivity index is 1.90. The van der Waals surface area contributed by atoms with Gasteiger partial charge in [0.15, 0.2) is 9.84 Å². The van der Waals surface area contributed by atoms with Gasteiger partial charge in [-0.3, -0.25) is 4.57 Å². The van der Waals surface area contributed by atoms with Gasteiger partial charge in [0.25, 0.3) is 0 Å². The number of nitrogens with one attached hydrogen (secondary N) is 1. The number of hydrogen-bond acceptors (Lipinski definition) is 8. The topological polar surface area (TPSA) is 140 Å². The number of fused-ring (bicyclic) bond motifs is 1. The maximum absolute atomic E-state index is 14.1. The molecule has 32 heavy (non-hydrogen) atoms. The summed E-state index contributed by atoms with van der Waals surface area (Å²) in [5, 5.41) is 12.4. The van der Waals surface area contributed by atoms with E-state index >= 15 is 0 Å². The van der Waals surface area contributed by atoms with Crippen molar-refractivity contribution in [2.45, 2.75) is 17.9 Å². The highest BCUT2D eigenvalue weighted by molar-refractivity contribution is 7.90. The first-order valence-electron chi connectivity index (χ1n) is 9.45. The van der Waals surface area contributed by atoms with E-state index in [1.165, 1.54) is 30.5 Å². The Morgan fingerprint density at radius 3 is 2.72 bits per heavy atom. The van der Waals surface area contributed by atoms with Crippen LogP contribution in [0.15, 0.2) is 53.6 Å². The van der Waals surface area contributed by atoms with Crippen LogP contribution < -0.4 is 11.1 Å². The molecule has 4 aromatic rings. The summed E-state index contributed by atoms with van der Waals surface area (Å²) in [6.07, 6.45) is 2.43. The van der Waals surface area contributed by atoms with Gasteiger partial charge < -0.3 is 11.1 Å². The average Bonchev–Trinajstić information content (AvgIpc) is 3.12. The number of nitriles is 1. The van der Waals surface area contributed by atoms with Crippen LogP contribution in [-0.4, -0.2) is 34.2 Å². The molecule has 0 unspecified atom stereocenters. The van der Waals surface area contributed by atoms with Gasteiger partial charge >= 0.3 is 0 Å². The van der Waals surface area contributed by atoms with Gasteiger partial charge in [0, 0.05) is 18.0 Å². The maximum Gasteiger partial charge on any atom is 0.222 e. The van der Waals surface area contributed by atoms with Gasteiger partial charge in [-0.2, -0.15) is 10.2 Å². The van der Waals surface area contributed by atoms with Crippen LogP contribution >= 0.6 is 0 Å². The van der Waals surface area contributed by atoms with Gasteiger partial charge in [-0.1, -0.05) is 6.07 Å². The first-order chi connectivity index (χ1) is 15.2. The number of nitrogen functional groups attached to an aromatic ring is 1. The van der Waals surface area contributed by atoms with Crippen LogP contribution in [0.5, 0.6) is 0 Å². The Labute approximate surface area is 183 Å². The molecule has 0 saturated carbocycles. The molecule has 3 N–H and O–H groups in total. The highest BCUT2D eigenvalue weighted by atomic mass is 32.2. The van der Waals surface area contributed by atoms with E-state index in [-0.39, 0.29) is 22.2 Å². The third-order valence-electron chi connectivity index (χ3n) is 4.81. The highest BCUT2D eigenvalue weighted by Crippen LogP contribution is 2.29. The van der Waals surface area contributed by atoms with E-state index in [2.05, 4.69) is 20.3 Å². The summed E-state index contributed by atoms with van der Waals surface area (Å²) in [6, 6.07) is 12.0. The molecular weight excluding hydrogens is 433 g/mol. The van der Waals surface area contributed by atoms with Crippen LogP contribution in [0, 0.1) is 17.1 Å². The zero-order chi connectivity index (χ0) is 23.0. The van der Waals surface area contributed by atoms with E-state index in [4.69, 9.17) is 5.73 Å². The van der Waals surface area contributed by atoms with Gasteiger partial charge in [0.2, 0.25) is 5.95 Å². The van der Waals surface area contributed by atoms with Crippen LogP contribution in [0.25, 0.3) is 16.7 Å². The lowest BCUT2D eigenvalue weighted by molar-refractivity contribution is 0.601. The van der Waals surface area contributed by atoms with Gasteiger partial charge in [0.1, 0.15) is 29.1 Å². The summed E-state index contributed by atoms with van der Waals surface area (Å²) in [6.45, 7) is 1.79. The molecule has 9 nitrogen and oxygen atoms in total. The zero-order valence-corrected chi connectivity index (χ0v) is 17.9. The molecule has 2 aromatic carbocycles. The minimum Gasteiger partial charge on any atom is -0.368 e. The second-order valence-electron chi connectivity index (χ2n) is 7.18. The molecule has 162 valence electrons. The molecule has 1 atom stereocenters. The molecule has 2 heterocycles. The molecular formula is C21H18FN7O2S. The lowest BCUT2D eigenvalue weighted by atomic mass is 10.2. The molecule has 0 aliphatic heterocycles. The van der Waals surface area contributed by atoms with Crippen LogP contribution in [-0.2, 0) is 9.84 Å². The van der Waals surface area contributed by atoms with E-state index < -0.39 is 21.7 Å². The number of nitrogens with two attached hydrogens (primary N) is 1. The molecule has 11 heteroatoms. The van der Waals surface area contributed by atoms with Crippen molar-refractivity contribution in [1.29, 1.82) is 5.26 Å². The van der Waals surface area contributed by atoms with Crippen LogP contribution in [0.2, 0.25) is 0 Å². The van der Waals surface area contributed by atoms with Crippen molar-refractivity contribution in [2.75, 3.05) is 17.3 Å². The Bertz CT molecular complexity index is 1490.